The summed E-state index contributed by atoms with van der Waals surface area (Å²) in [6.07, 6.45) is 7.94. The highest BCUT2D eigenvalue weighted by Gasteiger charge is 2.68. The van der Waals surface area contributed by atoms with E-state index in [1.807, 2.05) is 37.3 Å². The first kappa shape index (κ1) is 39.7. The lowest BCUT2D eigenvalue weighted by Crippen LogP contribution is -2.62. The first-order valence-corrected chi connectivity index (χ1v) is 19.8. The van der Waals surface area contributed by atoms with Crippen LogP contribution in [0.15, 0.2) is 72.6 Å². The summed E-state index contributed by atoms with van der Waals surface area (Å²) in [5.74, 6) is -2.66. The van der Waals surface area contributed by atoms with E-state index < -0.39 is 53.5 Å². The molecule has 4 aliphatic rings. The molecule has 7 rings (SSSR count). The number of amides is 1. The van der Waals surface area contributed by atoms with Gasteiger partial charge in [0.15, 0.2) is 6.61 Å². The van der Waals surface area contributed by atoms with Gasteiger partial charge in [-0.2, -0.15) is 0 Å². The number of carbonyl (C=O) groups excluding carboxylic acids is 4. The smallest absolute Gasteiger partial charge is 0.306 e. The van der Waals surface area contributed by atoms with Crippen molar-refractivity contribution in [2.24, 2.45) is 34.3 Å². The standard InChI is InChI=1S/C44H53N3O9/c1-42-16-13-32(48)20-30(42)8-10-33-35-14-17-44(54,43(35,2)21-36(49)40(33)42)37(50)25-56-39(52)12-11-38(51)55-24-26-3-5-27(6-4-26)34(22-45)41(53)47-31-9-7-29-23-46-18-15-28(29)19-31/h3-7,9,15,18-20,23,32-36,40,48-49,54H,8,10-14,16-17,21-22,24-25,45H2,1-2H3,(H,47,53)/t32?,33-,34+,35-,36-,40+,42-,43-,44-/m0/s1. The van der Waals surface area contributed by atoms with E-state index in [0.29, 0.717) is 29.7 Å². The van der Waals surface area contributed by atoms with E-state index in [0.717, 1.165) is 30.0 Å². The number of pyridine rings is 1. The third kappa shape index (κ3) is 7.40. The predicted octanol–water partition coefficient (Wildman–Crippen LogP) is 4.88. The van der Waals surface area contributed by atoms with E-state index in [1.54, 1.807) is 36.7 Å². The second-order valence-electron chi connectivity index (χ2n) is 16.8. The average Bonchev–Trinajstić information content (AvgIpc) is 3.46. The number of esters is 2. The molecule has 4 aliphatic carbocycles. The number of nitrogens with zero attached hydrogens (tertiary/aromatic N) is 1. The zero-order chi connectivity index (χ0) is 39.8. The molecule has 12 nitrogen and oxygen atoms in total. The van der Waals surface area contributed by atoms with Gasteiger partial charge in [0.1, 0.15) is 12.2 Å². The Morgan fingerprint density at radius 1 is 0.946 bits per heavy atom. The maximum absolute atomic E-state index is 13.6. The zero-order valence-electron chi connectivity index (χ0n) is 32.1. The number of anilines is 1. The molecule has 0 spiro atoms. The summed E-state index contributed by atoms with van der Waals surface area (Å²) >= 11 is 0. The number of aliphatic hydroxyl groups is 3. The third-order valence-corrected chi connectivity index (χ3v) is 13.8. The monoisotopic (exact) mass is 767 g/mol. The van der Waals surface area contributed by atoms with E-state index in [9.17, 15) is 34.5 Å². The highest BCUT2D eigenvalue weighted by Crippen LogP contribution is 2.67. The summed E-state index contributed by atoms with van der Waals surface area (Å²) in [6, 6.07) is 14.5. The molecule has 0 radical (unpaired) electrons. The van der Waals surface area contributed by atoms with Crippen LogP contribution in [0.4, 0.5) is 5.69 Å². The molecule has 12 heteroatoms. The molecule has 0 saturated heterocycles. The maximum atomic E-state index is 13.6. The number of carbonyl (C=O) groups is 4. The average molecular weight is 768 g/mol. The van der Waals surface area contributed by atoms with Crippen LogP contribution in [0, 0.1) is 28.6 Å². The Bertz CT molecular complexity index is 2020. The normalized spacial score (nSPS) is 31.2. The van der Waals surface area contributed by atoms with Crippen molar-refractivity contribution in [3.63, 3.8) is 0 Å². The number of allylic oxidation sites excluding steroid dienone is 1. The Labute approximate surface area is 326 Å². The number of ketones is 1. The molecule has 3 saturated carbocycles. The topological polar surface area (TPSA) is 198 Å². The molecule has 3 fully saturated rings. The van der Waals surface area contributed by atoms with Crippen LogP contribution in [0.2, 0.25) is 0 Å². The molecule has 0 bridgehead atoms. The van der Waals surface area contributed by atoms with Crippen molar-refractivity contribution in [2.45, 2.75) is 102 Å². The van der Waals surface area contributed by atoms with Crippen molar-refractivity contribution in [3.8, 4) is 0 Å². The van der Waals surface area contributed by atoms with Gasteiger partial charge in [0.25, 0.3) is 0 Å². The Balaban J connectivity index is 0.863. The minimum Gasteiger partial charge on any atom is -0.461 e. The van der Waals surface area contributed by atoms with E-state index in [4.69, 9.17) is 15.2 Å². The van der Waals surface area contributed by atoms with Crippen LogP contribution in [0.3, 0.4) is 0 Å². The van der Waals surface area contributed by atoms with Crippen molar-refractivity contribution in [1.82, 2.24) is 4.98 Å². The number of rotatable bonds is 12. The lowest BCUT2D eigenvalue weighted by Gasteiger charge is -2.60. The quantitative estimate of drug-likeness (QED) is 0.124. The molecule has 3 aromatic rings. The molecular weight excluding hydrogens is 714 g/mol. The molecule has 0 aliphatic heterocycles. The summed E-state index contributed by atoms with van der Waals surface area (Å²) in [5, 5.41) is 38.7. The van der Waals surface area contributed by atoms with Gasteiger partial charge in [0.2, 0.25) is 11.7 Å². The largest absolute Gasteiger partial charge is 0.461 e. The lowest BCUT2D eigenvalue weighted by molar-refractivity contribution is -0.184. The Morgan fingerprint density at radius 3 is 2.45 bits per heavy atom. The van der Waals surface area contributed by atoms with Crippen LogP contribution in [-0.2, 0) is 35.3 Å². The number of aliphatic hydroxyl groups excluding tert-OH is 2. The summed E-state index contributed by atoms with van der Waals surface area (Å²) < 4.78 is 10.6. The van der Waals surface area contributed by atoms with Gasteiger partial charge >= 0.3 is 11.9 Å². The van der Waals surface area contributed by atoms with E-state index in [2.05, 4.69) is 17.2 Å². The lowest BCUT2D eigenvalue weighted by atomic mass is 9.45. The fraction of sp³-hybridized carbons (Fsp3) is 0.523. The number of fused-ring (bicyclic) bond motifs is 6. The summed E-state index contributed by atoms with van der Waals surface area (Å²) in [5.41, 5.74) is 6.39. The summed E-state index contributed by atoms with van der Waals surface area (Å²) in [6.45, 7) is 3.52. The van der Waals surface area contributed by atoms with Gasteiger partial charge in [-0.1, -0.05) is 55.8 Å². The second-order valence-corrected chi connectivity index (χ2v) is 16.8. The third-order valence-electron chi connectivity index (χ3n) is 13.8. The van der Waals surface area contributed by atoms with E-state index in [1.165, 1.54) is 5.57 Å². The molecular formula is C44H53N3O9. The number of hydrogen-bond acceptors (Lipinski definition) is 11. The van der Waals surface area contributed by atoms with Gasteiger partial charge in [-0.3, -0.25) is 24.2 Å². The molecule has 9 atom stereocenters. The molecule has 6 N–H and O–H groups in total. The van der Waals surface area contributed by atoms with Gasteiger partial charge in [-0.25, -0.2) is 0 Å². The van der Waals surface area contributed by atoms with Crippen LogP contribution in [0.1, 0.15) is 88.7 Å². The molecule has 1 unspecified atom stereocenters. The van der Waals surface area contributed by atoms with Crippen LogP contribution in [0.25, 0.3) is 10.8 Å². The highest BCUT2D eigenvalue weighted by atomic mass is 16.5. The molecule has 1 aromatic heterocycles. The highest BCUT2D eigenvalue weighted by molar-refractivity contribution is 5.98. The summed E-state index contributed by atoms with van der Waals surface area (Å²) in [4.78, 5) is 55.9. The van der Waals surface area contributed by atoms with Crippen molar-refractivity contribution in [1.29, 1.82) is 0 Å². The van der Waals surface area contributed by atoms with Gasteiger partial charge in [0, 0.05) is 35.4 Å². The fourth-order valence-corrected chi connectivity index (χ4v) is 10.7. The summed E-state index contributed by atoms with van der Waals surface area (Å²) in [7, 11) is 0. The minimum absolute atomic E-state index is 0.00942. The first-order valence-electron chi connectivity index (χ1n) is 19.8. The minimum atomic E-state index is -1.75. The number of nitrogens with two attached hydrogens (primary N) is 1. The molecule has 2 aromatic carbocycles. The van der Waals surface area contributed by atoms with E-state index in [-0.39, 0.29) is 67.9 Å². The molecule has 1 amide bonds. The Kier molecular flexibility index (Phi) is 11.2. The van der Waals surface area contributed by atoms with Gasteiger partial charge in [-0.15, -0.1) is 0 Å². The second kappa shape index (κ2) is 15.8. The van der Waals surface area contributed by atoms with Crippen LogP contribution < -0.4 is 11.1 Å². The first-order chi connectivity index (χ1) is 26.8. The SMILES string of the molecule is C[C@]12CCC(O)C=C1CC[C@@H]1[C@@H]2[C@@H](O)C[C@@]2(C)[C@H]1CC[C@]2(O)C(=O)COC(=O)CCC(=O)OCc1ccc([C@@H](CN)C(=O)Nc2ccc3cnccc3c2)cc1. The molecule has 1 heterocycles. The van der Waals surface area contributed by atoms with Crippen LogP contribution >= 0.6 is 0 Å². The fourth-order valence-electron chi connectivity index (χ4n) is 10.7. The van der Waals surface area contributed by atoms with Crippen molar-refractivity contribution < 1.29 is 44.0 Å². The van der Waals surface area contributed by atoms with Gasteiger partial charge in [0.05, 0.1) is 31.0 Å². The van der Waals surface area contributed by atoms with Crippen molar-refractivity contribution in [2.75, 3.05) is 18.5 Å². The Hall–Kier alpha value is -4.49. The number of aromatic nitrogens is 1. The van der Waals surface area contributed by atoms with E-state index >= 15 is 0 Å². The number of Topliss-reactive ketones (excluding diaryl/α,β-unsaturated/α-hetero) is 1. The van der Waals surface area contributed by atoms with Crippen molar-refractivity contribution in [3.05, 3.63) is 83.7 Å². The Morgan fingerprint density at radius 2 is 1.70 bits per heavy atom. The molecule has 56 heavy (non-hydrogen) atoms. The number of nitrogens with one attached hydrogen (secondary N) is 1. The zero-order valence-corrected chi connectivity index (χ0v) is 32.1. The number of benzene rings is 2. The molecule has 298 valence electrons. The number of hydrogen-bond donors (Lipinski definition) is 5. The van der Waals surface area contributed by atoms with Gasteiger partial charge in [-0.05, 0) is 103 Å². The van der Waals surface area contributed by atoms with Gasteiger partial charge < -0.3 is 35.8 Å². The number of ether oxygens (including phenoxy) is 2. The predicted molar refractivity (Wildman–Crippen MR) is 208 cm³/mol. The van der Waals surface area contributed by atoms with Crippen LogP contribution in [0.5, 0.6) is 0 Å². The van der Waals surface area contributed by atoms with Crippen LogP contribution in [-0.4, -0.2) is 74.9 Å². The van der Waals surface area contributed by atoms with Crippen molar-refractivity contribution >= 4 is 40.1 Å². The maximum Gasteiger partial charge on any atom is 0.306 e.